The van der Waals surface area contributed by atoms with Crippen molar-refractivity contribution in [3.8, 4) is 11.1 Å². The number of nitrogens with one attached hydrogen (secondary N) is 2. The first kappa shape index (κ1) is 13.9. The summed E-state index contributed by atoms with van der Waals surface area (Å²) >= 11 is 0. The molecule has 0 radical (unpaired) electrons. The van der Waals surface area contributed by atoms with E-state index in [2.05, 4.69) is 37.8 Å². The zero-order valence-electron chi connectivity index (χ0n) is 13.1. The molecular weight excluding hydrogens is 314 g/mol. The molecule has 25 heavy (non-hydrogen) atoms. The molecule has 2 N–H and O–H groups in total. The van der Waals surface area contributed by atoms with Crippen LogP contribution in [0.15, 0.2) is 66.1 Å². The van der Waals surface area contributed by atoms with Crippen LogP contribution in [0.1, 0.15) is 17.2 Å². The maximum atomic E-state index is 10.7. The van der Waals surface area contributed by atoms with Gasteiger partial charge in [0.15, 0.2) is 5.65 Å². The summed E-state index contributed by atoms with van der Waals surface area (Å²) in [6.07, 6.45) is 3.78. The molecule has 0 spiro atoms. The van der Waals surface area contributed by atoms with E-state index in [-0.39, 0.29) is 6.04 Å². The quantitative estimate of drug-likeness (QED) is 0.530. The summed E-state index contributed by atoms with van der Waals surface area (Å²) in [7, 11) is 0. The molecule has 0 bridgehead atoms. The van der Waals surface area contributed by atoms with Crippen molar-refractivity contribution in [2.24, 2.45) is 5.18 Å². The molecule has 0 fully saturated rings. The molecule has 120 valence electrons. The maximum Gasteiger partial charge on any atom is 0.160 e. The average molecular weight is 327 g/mol. The molecule has 1 atom stereocenters. The number of hydrogen-bond acceptors (Lipinski definition) is 5. The van der Waals surface area contributed by atoms with Gasteiger partial charge in [-0.15, -0.1) is 10.0 Å². The molecule has 6 heteroatoms. The van der Waals surface area contributed by atoms with Crippen molar-refractivity contribution in [2.75, 3.05) is 5.32 Å². The van der Waals surface area contributed by atoms with Crippen LogP contribution in [0.4, 0.5) is 11.4 Å². The highest BCUT2D eigenvalue weighted by molar-refractivity contribution is 6.00. The third kappa shape index (κ3) is 2.04. The van der Waals surface area contributed by atoms with E-state index in [4.69, 9.17) is 0 Å². The Kier molecular flexibility index (Phi) is 2.90. The lowest BCUT2D eigenvalue weighted by atomic mass is 9.97. The number of H-pyrrole nitrogens is 1. The molecule has 6 nitrogen and oxygen atoms in total. The lowest BCUT2D eigenvalue weighted by Crippen LogP contribution is -2.11. The highest BCUT2D eigenvalue weighted by atomic mass is 16.3. The van der Waals surface area contributed by atoms with Gasteiger partial charge in [-0.25, -0.2) is 0 Å². The molecule has 1 aliphatic heterocycles. The van der Waals surface area contributed by atoms with Gasteiger partial charge in [0, 0.05) is 34.0 Å². The van der Waals surface area contributed by atoms with Gasteiger partial charge in [0.25, 0.3) is 0 Å². The second-order valence-corrected chi connectivity index (χ2v) is 6.03. The van der Waals surface area contributed by atoms with Gasteiger partial charge in [0.05, 0.1) is 12.2 Å². The zero-order chi connectivity index (χ0) is 16.8. The summed E-state index contributed by atoms with van der Waals surface area (Å²) in [5.74, 6) is 0. The number of aromatic nitrogens is 3. The molecule has 3 heterocycles. The summed E-state index contributed by atoms with van der Waals surface area (Å²) in [6, 6.07) is 15.4. The molecule has 2 aromatic heterocycles. The van der Waals surface area contributed by atoms with Crippen molar-refractivity contribution in [1.82, 2.24) is 15.2 Å². The third-order valence-corrected chi connectivity index (χ3v) is 4.66. The van der Waals surface area contributed by atoms with E-state index >= 15 is 0 Å². The van der Waals surface area contributed by atoms with E-state index in [0.717, 1.165) is 39.0 Å². The second kappa shape index (κ2) is 5.24. The summed E-state index contributed by atoms with van der Waals surface area (Å²) in [6.45, 7) is 0. The number of anilines is 1. The van der Waals surface area contributed by atoms with E-state index in [1.807, 2.05) is 36.7 Å². The van der Waals surface area contributed by atoms with Crippen molar-refractivity contribution >= 4 is 22.4 Å². The van der Waals surface area contributed by atoms with Crippen LogP contribution in [0.2, 0.25) is 0 Å². The van der Waals surface area contributed by atoms with E-state index < -0.39 is 0 Å². The van der Waals surface area contributed by atoms with Gasteiger partial charge < -0.3 is 10.3 Å². The van der Waals surface area contributed by atoms with Crippen LogP contribution in [-0.2, 0) is 0 Å². The number of fused-ring (bicyclic) bond motifs is 2. The molecule has 2 aromatic carbocycles. The van der Waals surface area contributed by atoms with Crippen LogP contribution in [0.3, 0.4) is 0 Å². The van der Waals surface area contributed by atoms with Gasteiger partial charge in [-0.05, 0) is 28.9 Å². The van der Waals surface area contributed by atoms with Gasteiger partial charge >= 0.3 is 0 Å². The summed E-state index contributed by atoms with van der Waals surface area (Å²) in [5.41, 5.74) is 6.52. The van der Waals surface area contributed by atoms with E-state index in [1.165, 1.54) is 0 Å². The molecule has 0 saturated carbocycles. The fourth-order valence-corrected chi connectivity index (χ4v) is 3.50. The van der Waals surface area contributed by atoms with Crippen molar-refractivity contribution in [2.45, 2.75) is 6.04 Å². The number of rotatable bonds is 2. The highest BCUT2D eigenvalue weighted by Gasteiger charge is 2.26. The first-order valence-electron chi connectivity index (χ1n) is 7.97. The Morgan fingerprint density at radius 3 is 2.68 bits per heavy atom. The molecule has 1 unspecified atom stereocenters. The minimum absolute atomic E-state index is 0.0685. The third-order valence-electron chi connectivity index (χ3n) is 4.66. The Morgan fingerprint density at radius 1 is 1.00 bits per heavy atom. The number of benzene rings is 2. The molecule has 0 aliphatic carbocycles. The standard InChI is InChI=1S/C19H13N5O/c25-24-12-7-5-11(6-8-12)18-15-9-20-19-17(15)14(10-21-23-19)13-3-1-2-4-16(13)22-18/h1-10,18,22H,(H,20,23). The number of para-hydroxylation sites is 1. The normalized spacial score (nSPS) is 15.3. The highest BCUT2D eigenvalue weighted by Crippen LogP contribution is 2.43. The van der Waals surface area contributed by atoms with Gasteiger partial charge in [0.1, 0.15) is 5.69 Å². The molecular formula is C19H13N5O. The predicted molar refractivity (Wildman–Crippen MR) is 96.7 cm³/mol. The topological polar surface area (TPSA) is 83.0 Å². The monoisotopic (exact) mass is 327 g/mol. The lowest BCUT2D eigenvalue weighted by Gasteiger charge is -2.19. The van der Waals surface area contributed by atoms with Crippen molar-refractivity contribution in [3.63, 3.8) is 0 Å². The number of hydrogen-bond donors (Lipinski definition) is 2. The Labute approximate surface area is 142 Å². The molecule has 0 saturated heterocycles. The van der Waals surface area contributed by atoms with Gasteiger partial charge in [0.2, 0.25) is 0 Å². The molecule has 5 rings (SSSR count). The summed E-state index contributed by atoms with van der Waals surface area (Å²) in [5, 5.41) is 16.0. The van der Waals surface area contributed by atoms with Crippen LogP contribution in [0, 0.1) is 4.91 Å². The van der Waals surface area contributed by atoms with Crippen molar-refractivity contribution in [3.05, 3.63) is 77.0 Å². The SMILES string of the molecule is O=Nc1ccc(C2Nc3ccccc3-c3cnnc4[nH]cc2c34)cc1. The fourth-order valence-electron chi connectivity index (χ4n) is 3.50. The van der Waals surface area contributed by atoms with Gasteiger partial charge in [-0.2, -0.15) is 5.10 Å². The smallest absolute Gasteiger partial charge is 0.160 e. The van der Waals surface area contributed by atoms with Crippen LogP contribution in [-0.4, -0.2) is 15.2 Å². The first-order chi connectivity index (χ1) is 12.3. The number of nitrogens with zero attached hydrogens (tertiary/aromatic N) is 3. The Morgan fingerprint density at radius 2 is 1.84 bits per heavy atom. The Bertz CT molecular complexity index is 1100. The minimum atomic E-state index is -0.0685. The largest absolute Gasteiger partial charge is 0.374 e. The lowest BCUT2D eigenvalue weighted by molar-refractivity contribution is 0.953. The van der Waals surface area contributed by atoms with Crippen LogP contribution >= 0.6 is 0 Å². The Hall–Kier alpha value is -3.54. The minimum Gasteiger partial charge on any atom is -0.374 e. The molecule has 4 aromatic rings. The van der Waals surface area contributed by atoms with Crippen LogP contribution < -0.4 is 5.32 Å². The average Bonchev–Trinajstić information content (AvgIpc) is 3.04. The van der Waals surface area contributed by atoms with E-state index in [9.17, 15) is 4.91 Å². The van der Waals surface area contributed by atoms with Crippen LogP contribution in [0.5, 0.6) is 0 Å². The predicted octanol–water partition coefficient (Wildman–Crippen LogP) is 4.54. The Balaban J connectivity index is 1.79. The second-order valence-electron chi connectivity index (χ2n) is 6.03. The van der Waals surface area contributed by atoms with Crippen molar-refractivity contribution in [1.29, 1.82) is 0 Å². The fraction of sp³-hybridized carbons (Fsp3) is 0.0526. The summed E-state index contributed by atoms with van der Waals surface area (Å²) in [4.78, 5) is 13.9. The zero-order valence-corrected chi connectivity index (χ0v) is 13.1. The number of aromatic amines is 1. The van der Waals surface area contributed by atoms with E-state index in [1.54, 1.807) is 12.1 Å². The molecule has 0 amide bonds. The first-order valence-corrected chi connectivity index (χ1v) is 7.97. The molecule has 1 aliphatic rings. The van der Waals surface area contributed by atoms with Gasteiger partial charge in [-0.3, -0.25) is 0 Å². The summed E-state index contributed by atoms with van der Waals surface area (Å²) < 4.78 is 0. The maximum absolute atomic E-state index is 10.7. The van der Waals surface area contributed by atoms with Crippen molar-refractivity contribution < 1.29 is 0 Å². The van der Waals surface area contributed by atoms with Crippen LogP contribution in [0.25, 0.3) is 22.2 Å². The van der Waals surface area contributed by atoms with E-state index in [0.29, 0.717) is 5.69 Å². The van der Waals surface area contributed by atoms with Gasteiger partial charge in [-0.1, -0.05) is 30.3 Å². The number of nitroso groups, excluding NO2 is 1.